The van der Waals surface area contributed by atoms with Crippen molar-refractivity contribution in [2.24, 2.45) is 0 Å². The van der Waals surface area contributed by atoms with Crippen molar-refractivity contribution in [2.45, 2.75) is 23.4 Å². The van der Waals surface area contributed by atoms with E-state index in [0.717, 1.165) is 14.9 Å². The predicted octanol–water partition coefficient (Wildman–Crippen LogP) is 3.96. The quantitative estimate of drug-likeness (QED) is 0.794. The third-order valence-electron chi connectivity index (χ3n) is 3.11. The summed E-state index contributed by atoms with van der Waals surface area (Å²) in [7, 11) is -1.10. The van der Waals surface area contributed by atoms with Crippen LogP contribution in [0.4, 0.5) is 0 Å². The molecular formula is C15H13BrO2S. The van der Waals surface area contributed by atoms with Gasteiger partial charge in [-0.1, -0.05) is 45.8 Å². The Morgan fingerprint density at radius 3 is 2.32 bits per heavy atom. The third kappa shape index (κ3) is 2.81. The number of hydrogen-bond acceptors (Lipinski definition) is 2. The van der Waals surface area contributed by atoms with Crippen LogP contribution in [0, 0.1) is 6.92 Å². The van der Waals surface area contributed by atoms with Gasteiger partial charge in [0.15, 0.2) is 5.44 Å². The number of epoxide rings is 1. The molecule has 1 heterocycles. The Labute approximate surface area is 123 Å². The molecule has 0 N–H and O–H groups in total. The molecule has 2 aromatic rings. The van der Waals surface area contributed by atoms with Crippen LogP contribution in [0.15, 0.2) is 57.9 Å². The molecule has 1 fully saturated rings. The largest absolute Gasteiger partial charge is 0.350 e. The molecular weight excluding hydrogens is 324 g/mol. The van der Waals surface area contributed by atoms with E-state index >= 15 is 0 Å². The van der Waals surface area contributed by atoms with Crippen molar-refractivity contribution in [1.82, 2.24) is 0 Å². The van der Waals surface area contributed by atoms with Crippen LogP contribution in [-0.2, 0) is 15.5 Å². The van der Waals surface area contributed by atoms with Gasteiger partial charge in [0.1, 0.15) is 6.10 Å². The number of halogens is 1. The minimum atomic E-state index is -1.10. The Balaban J connectivity index is 1.74. The zero-order valence-electron chi connectivity index (χ0n) is 10.4. The Morgan fingerprint density at radius 2 is 1.68 bits per heavy atom. The van der Waals surface area contributed by atoms with Gasteiger partial charge in [0.05, 0.1) is 10.8 Å². The van der Waals surface area contributed by atoms with Crippen LogP contribution in [-0.4, -0.2) is 9.64 Å². The minimum Gasteiger partial charge on any atom is -0.350 e. The summed E-state index contributed by atoms with van der Waals surface area (Å²) in [5, 5.41) is 0. The van der Waals surface area contributed by atoms with E-state index in [0.29, 0.717) is 0 Å². The fourth-order valence-electron chi connectivity index (χ4n) is 1.96. The van der Waals surface area contributed by atoms with Gasteiger partial charge in [-0.3, -0.25) is 4.21 Å². The summed E-state index contributed by atoms with van der Waals surface area (Å²) in [6.45, 7) is 2.02. The maximum atomic E-state index is 12.3. The molecule has 4 heteroatoms. The summed E-state index contributed by atoms with van der Waals surface area (Å²) in [5.41, 5.74) is 2.03. The number of hydrogen-bond donors (Lipinski definition) is 0. The normalized spacial score (nSPS) is 23.1. The lowest BCUT2D eigenvalue weighted by molar-refractivity contribution is 0.403. The van der Waals surface area contributed by atoms with Gasteiger partial charge >= 0.3 is 0 Å². The number of ether oxygens (including phenoxy) is 1. The van der Waals surface area contributed by atoms with Crippen LogP contribution in [0.25, 0.3) is 0 Å². The van der Waals surface area contributed by atoms with Crippen molar-refractivity contribution in [3.05, 3.63) is 64.1 Å². The van der Waals surface area contributed by atoms with E-state index in [9.17, 15) is 4.21 Å². The molecule has 0 saturated carbocycles. The molecule has 2 aromatic carbocycles. The summed E-state index contributed by atoms with van der Waals surface area (Å²) < 4.78 is 19.0. The average Bonchev–Trinajstić information content (AvgIpc) is 3.20. The summed E-state index contributed by atoms with van der Waals surface area (Å²) >= 11 is 3.40. The molecule has 1 saturated heterocycles. The second-order valence-corrected chi connectivity index (χ2v) is 7.03. The van der Waals surface area contributed by atoms with Crippen LogP contribution >= 0.6 is 15.9 Å². The highest BCUT2D eigenvalue weighted by molar-refractivity contribution is 9.10. The summed E-state index contributed by atoms with van der Waals surface area (Å²) in [6, 6.07) is 15.7. The lowest BCUT2D eigenvalue weighted by atomic mass is 10.2. The van der Waals surface area contributed by atoms with Crippen LogP contribution in [0.2, 0.25) is 0 Å². The van der Waals surface area contributed by atoms with Gasteiger partial charge in [0.2, 0.25) is 0 Å². The van der Waals surface area contributed by atoms with Crippen molar-refractivity contribution in [3.8, 4) is 0 Å². The molecule has 19 heavy (non-hydrogen) atoms. The SMILES string of the molecule is Cc1ccc(S(=O)[C@@H]2O[C@H]2c2ccc(Br)cc2)cc1. The van der Waals surface area contributed by atoms with Crippen molar-refractivity contribution >= 4 is 26.7 Å². The van der Waals surface area contributed by atoms with Gasteiger partial charge in [-0.2, -0.15) is 0 Å². The van der Waals surface area contributed by atoms with Crippen LogP contribution < -0.4 is 0 Å². The maximum absolute atomic E-state index is 12.3. The van der Waals surface area contributed by atoms with E-state index in [1.165, 1.54) is 5.56 Å². The first-order valence-corrected chi connectivity index (χ1v) is 8.04. The minimum absolute atomic E-state index is 0.0461. The highest BCUT2D eigenvalue weighted by Crippen LogP contribution is 2.42. The molecule has 0 bridgehead atoms. The van der Waals surface area contributed by atoms with Gasteiger partial charge in [0.25, 0.3) is 0 Å². The van der Waals surface area contributed by atoms with E-state index in [2.05, 4.69) is 15.9 Å². The van der Waals surface area contributed by atoms with Gasteiger partial charge in [-0.25, -0.2) is 0 Å². The van der Waals surface area contributed by atoms with Crippen molar-refractivity contribution in [2.75, 3.05) is 0 Å². The summed E-state index contributed by atoms with van der Waals surface area (Å²) in [6.07, 6.45) is -0.0461. The zero-order chi connectivity index (χ0) is 13.4. The molecule has 0 spiro atoms. The Bertz CT molecular complexity index is 607. The summed E-state index contributed by atoms with van der Waals surface area (Å²) in [5.74, 6) is 0. The van der Waals surface area contributed by atoms with Gasteiger partial charge in [-0.15, -0.1) is 0 Å². The molecule has 3 atom stereocenters. The van der Waals surface area contributed by atoms with Crippen molar-refractivity contribution in [3.63, 3.8) is 0 Å². The first-order valence-electron chi connectivity index (χ1n) is 6.03. The monoisotopic (exact) mass is 336 g/mol. The second-order valence-electron chi connectivity index (χ2n) is 4.59. The highest BCUT2D eigenvalue weighted by Gasteiger charge is 2.45. The first-order chi connectivity index (χ1) is 9.15. The molecule has 0 amide bonds. The number of rotatable bonds is 3. The number of benzene rings is 2. The average molecular weight is 337 g/mol. The Morgan fingerprint density at radius 1 is 1.05 bits per heavy atom. The van der Waals surface area contributed by atoms with E-state index in [-0.39, 0.29) is 11.5 Å². The molecule has 0 aliphatic carbocycles. The standard InChI is InChI=1S/C15H13BrO2S/c1-10-2-8-13(9-3-10)19(17)15-14(18-15)11-4-6-12(16)7-5-11/h2-9,14-15H,1H3/t14-,15-,19?/m0/s1. The topological polar surface area (TPSA) is 29.6 Å². The van der Waals surface area contributed by atoms with E-state index in [1.807, 2.05) is 55.5 Å². The van der Waals surface area contributed by atoms with Crippen molar-refractivity contribution in [1.29, 1.82) is 0 Å². The second kappa shape index (κ2) is 5.19. The lowest BCUT2D eigenvalue weighted by Gasteiger charge is -2.00. The molecule has 0 aromatic heterocycles. The fourth-order valence-corrected chi connectivity index (χ4v) is 3.50. The molecule has 98 valence electrons. The molecule has 1 aliphatic rings. The van der Waals surface area contributed by atoms with E-state index < -0.39 is 10.8 Å². The molecule has 1 unspecified atom stereocenters. The Hall–Kier alpha value is -0.970. The lowest BCUT2D eigenvalue weighted by Crippen LogP contribution is -2.00. The summed E-state index contributed by atoms with van der Waals surface area (Å²) in [4.78, 5) is 0.829. The van der Waals surface area contributed by atoms with Gasteiger partial charge in [-0.05, 0) is 36.8 Å². The Kier molecular flexibility index (Phi) is 3.56. The van der Waals surface area contributed by atoms with Crippen LogP contribution in [0.5, 0.6) is 0 Å². The van der Waals surface area contributed by atoms with E-state index in [4.69, 9.17) is 4.74 Å². The fraction of sp³-hybridized carbons (Fsp3) is 0.200. The molecule has 3 rings (SSSR count). The molecule has 1 aliphatic heterocycles. The van der Waals surface area contributed by atoms with Gasteiger partial charge < -0.3 is 4.74 Å². The predicted molar refractivity (Wildman–Crippen MR) is 79.3 cm³/mol. The number of aryl methyl sites for hydroxylation is 1. The molecule has 2 nitrogen and oxygen atoms in total. The van der Waals surface area contributed by atoms with Crippen molar-refractivity contribution < 1.29 is 8.95 Å². The third-order valence-corrected chi connectivity index (χ3v) is 5.16. The zero-order valence-corrected chi connectivity index (χ0v) is 12.8. The molecule has 0 radical (unpaired) electrons. The van der Waals surface area contributed by atoms with Crippen LogP contribution in [0.1, 0.15) is 17.2 Å². The highest BCUT2D eigenvalue weighted by atomic mass is 79.9. The first kappa shape index (κ1) is 13.0. The van der Waals surface area contributed by atoms with Gasteiger partial charge in [0, 0.05) is 9.37 Å². The van der Waals surface area contributed by atoms with Crippen LogP contribution in [0.3, 0.4) is 0 Å². The van der Waals surface area contributed by atoms with E-state index in [1.54, 1.807) is 0 Å². The maximum Gasteiger partial charge on any atom is 0.168 e. The smallest absolute Gasteiger partial charge is 0.168 e.